The number of carbonyl (C=O) groups excluding carboxylic acids is 1. The normalized spacial score (nSPS) is 15.9. The molecule has 6 rings (SSSR count). The molecule has 1 amide bonds. The first-order valence-corrected chi connectivity index (χ1v) is 13.2. The van der Waals surface area contributed by atoms with Crippen LogP contribution in [0, 0.1) is 5.82 Å². The molecule has 0 atom stereocenters. The van der Waals surface area contributed by atoms with Crippen LogP contribution in [-0.4, -0.2) is 63.2 Å². The molecule has 194 valence electrons. The van der Waals surface area contributed by atoms with Gasteiger partial charge in [0.2, 0.25) is 5.91 Å². The quantitative estimate of drug-likeness (QED) is 0.419. The lowest BCUT2D eigenvalue weighted by Crippen LogP contribution is -2.36. The first kappa shape index (κ1) is 24.5. The summed E-state index contributed by atoms with van der Waals surface area (Å²) in [5.74, 6) is 1.62. The summed E-state index contributed by atoms with van der Waals surface area (Å²) >= 11 is 0. The molecule has 1 fully saturated rings. The number of nitrogens with zero attached hydrogens (tertiary/aromatic N) is 5. The van der Waals surface area contributed by atoms with Crippen LogP contribution in [0.3, 0.4) is 0 Å². The van der Waals surface area contributed by atoms with E-state index in [1.165, 1.54) is 11.6 Å². The van der Waals surface area contributed by atoms with E-state index in [9.17, 15) is 9.18 Å². The summed E-state index contributed by atoms with van der Waals surface area (Å²) < 4.78 is 16.2. The molecule has 0 saturated carbocycles. The van der Waals surface area contributed by atoms with Crippen LogP contribution >= 0.6 is 0 Å². The predicted octanol–water partition coefficient (Wildman–Crippen LogP) is 4.32. The Morgan fingerprint density at radius 3 is 2.53 bits per heavy atom. The zero-order valence-electron chi connectivity index (χ0n) is 21.3. The van der Waals surface area contributed by atoms with Gasteiger partial charge in [0.05, 0.1) is 12.2 Å². The number of hydrogen-bond acceptors (Lipinski definition) is 5. The summed E-state index contributed by atoms with van der Waals surface area (Å²) in [7, 11) is 0. The fraction of sp³-hybridized carbons (Fsp3) is 0.300. The van der Waals surface area contributed by atoms with Gasteiger partial charge in [-0.3, -0.25) is 19.2 Å². The van der Waals surface area contributed by atoms with Gasteiger partial charge < -0.3 is 5.32 Å². The van der Waals surface area contributed by atoms with Gasteiger partial charge in [0.15, 0.2) is 5.82 Å². The van der Waals surface area contributed by atoms with Crippen molar-refractivity contribution in [3.8, 4) is 17.1 Å². The van der Waals surface area contributed by atoms with Crippen molar-refractivity contribution in [2.24, 2.45) is 0 Å². The summed E-state index contributed by atoms with van der Waals surface area (Å²) in [6.07, 6.45) is 2.61. The number of aryl methyl sites for hydroxylation is 2. The molecule has 3 aromatic carbocycles. The van der Waals surface area contributed by atoms with Crippen LogP contribution in [-0.2, 0) is 24.2 Å². The number of halogens is 1. The fourth-order valence-corrected chi connectivity index (χ4v) is 5.45. The van der Waals surface area contributed by atoms with Gasteiger partial charge in [-0.25, -0.2) is 4.39 Å². The molecule has 4 aromatic rings. The second kappa shape index (κ2) is 10.8. The molecule has 0 radical (unpaired) electrons. The maximum Gasteiger partial charge on any atom is 0.238 e. The van der Waals surface area contributed by atoms with Crippen molar-refractivity contribution in [1.29, 1.82) is 0 Å². The lowest BCUT2D eigenvalue weighted by Gasteiger charge is -2.22. The van der Waals surface area contributed by atoms with E-state index >= 15 is 0 Å². The van der Waals surface area contributed by atoms with Crippen molar-refractivity contribution in [2.45, 2.75) is 25.8 Å². The highest BCUT2D eigenvalue weighted by atomic mass is 19.1. The lowest BCUT2D eigenvalue weighted by molar-refractivity contribution is -0.117. The Labute approximate surface area is 221 Å². The van der Waals surface area contributed by atoms with Crippen molar-refractivity contribution < 1.29 is 9.18 Å². The molecule has 7 nitrogen and oxygen atoms in total. The van der Waals surface area contributed by atoms with Gasteiger partial charge in [-0.2, -0.15) is 0 Å². The van der Waals surface area contributed by atoms with Gasteiger partial charge in [0.1, 0.15) is 11.6 Å². The van der Waals surface area contributed by atoms with Gasteiger partial charge in [-0.15, -0.1) is 10.2 Å². The lowest BCUT2D eigenvalue weighted by atomic mass is 10.0. The zero-order valence-corrected chi connectivity index (χ0v) is 21.3. The van der Waals surface area contributed by atoms with Crippen molar-refractivity contribution >= 4 is 11.6 Å². The average molecular weight is 511 g/mol. The highest BCUT2D eigenvalue weighted by molar-refractivity contribution is 5.92. The van der Waals surface area contributed by atoms with Crippen LogP contribution in [0.4, 0.5) is 10.1 Å². The molecule has 0 aliphatic carbocycles. The van der Waals surface area contributed by atoms with Crippen LogP contribution in [0.15, 0.2) is 72.8 Å². The minimum atomic E-state index is -0.158. The second-order valence-corrected chi connectivity index (χ2v) is 10.0. The number of nitrogens with one attached hydrogen (secondary N) is 1. The van der Waals surface area contributed by atoms with Gasteiger partial charge in [-0.1, -0.05) is 48.5 Å². The van der Waals surface area contributed by atoms with Gasteiger partial charge in [0.25, 0.3) is 0 Å². The second-order valence-electron chi connectivity index (χ2n) is 10.0. The maximum atomic E-state index is 14.1. The number of hydrogen-bond donors (Lipinski definition) is 1. The summed E-state index contributed by atoms with van der Waals surface area (Å²) in [5, 5.41) is 12.0. The maximum absolute atomic E-state index is 14.1. The van der Waals surface area contributed by atoms with Crippen LogP contribution in [0.1, 0.15) is 23.4 Å². The van der Waals surface area contributed by atoms with E-state index in [0.717, 1.165) is 79.6 Å². The molecule has 0 spiro atoms. The summed E-state index contributed by atoms with van der Waals surface area (Å²) in [5.41, 5.74) is 4.80. The van der Waals surface area contributed by atoms with Crippen molar-refractivity contribution in [1.82, 2.24) is 24.6 Å². The first-order chi connectivity index (χ1) is 18.6. The van der Waals surface area contributed by atoms with Crippen LogP contribution < -0.4 is 5.32 Å². The number of aromatic nitrogens is 3. The largest absolute Gasteiger partial charge is 0.325 e. The fourth-order valence-electron chi connectivity index (χ4n) is 5.45. The van der Waals surface area contributed by atoms with E-state index < -0.39 is 0 Å². The number of benzene rings is 3. The monoisotopic (exact) mass is 510 g/mol. The Hall–Kier alpha value is -3.88. The minimum absolute atomic E-state index is 0.0155. The van der Waals surface area contributed by atoms with E-state index in [1.54, 1.807) is 6.07 Å². The third-order valence-corrected chi connectivity index (χ3v) is 7.38. The predicted molar refractivity (Wildman–Crippen MR) is 146 cm³/mol. The standard InChI is InChI=1S/C30H31FN6O/c31-26-10-5-4-9-24(26)20-35-15-6-16-36(18-17-35)21-29(38)32-25-12-13-27-23(19-25)11-14-28-33-34-30(37(27)28)22-7-2-1-3-8-22/h1-5,7-10,12-13,19H,6,11,14-18,20-21H2,(H,32,38). The Morgan fingerprint density at radius 1 is 0.868 bits per heavy atom. The molecule has 38 heavy (non-hydrogen) atoms. The summed E-state index contributed by atoms with van der Waals surface area (Å²) in [6.45, 7) is 4.29. The van der Waals surface area contributed by atoms with Crippen molar-refractivity contribution in [2.75, 3.05) is 38.0 Å². The highest BCUT2D eigenvalue weighted by Gasteiger charge is 2.23. The Kier molecular flexibility index (Phi) is 6.98. The molecule has 2 aliphatic heterocycles. The smallest absolute Gasteiger partial charge is 0.238 e. The van der Waals surface area contributed by atoms with Crippen LogP contribution in [0.25, 0.3) is 17.1 Å². The van der Waals surface area contributed by atoms with Gasteiger partial charge in [0, 0.05) is 42.9 Å². The molecule has 2 aliphatic rings. The zero-order chi connectivity index (χ0) is 25.9. The Morgan fingerprint density at radius 2 is 1.66 bits per heavy atom. The van der Waals surface area contributed by atoms with E-state index in [-0.39, 0.29) is 11.7 Å². The Balaban J connectivity index is 1.09. The van der Waals surface area contributed by atoms with Crippen LogP contribution in [0.2, 0.25) is 0 Å². The van der Waals surface area contributed by atoms with Gasteiger partial charge >= 0.3 is 0 Å². The average Bonchev–Trinajstić information content (AvgIpc) is 3.26. The first-order valence-electron chi connectivity index (χ1n) is 13.2. The molecule has 0 unspecified atom stereocenters. The van der Waals surface area contributed by atoms with Crippen molar-refractivity contribution in [3.05, 3.63) is 95.6 Å². The van der Waals surface area contributed by atoms with E-state index in [1.807, 2.05) is 48.5 Å². The number of rotatable bonds is 6. The van der Waals surface area contributed by atoms with Crippen molar-refractivity contribution in [3.63, 3.8) is 0 Å². The third kappa shape index (κ3) is 5.23. The van der Waals surface area contributed by atoms with E-state index in [2.05, 4.69) is 42.0 Å². The molecule has 8 heteroatoms. The van der Waals surface area contributed by atoms with E-state index in [4.69, 9.17) is 0 Å². The molecule has 1 saturated heterocycles. The number of amides is 1. The number of anilines is 1. The molecular formula is C30H31FN6O. The highest BCUT2D eigenvalue weighted by Crippen LogP contribution is 2.31. The minimum Gasteiger partial charge on any atom is -0.325 e. The number of fused-ring (bicyclic) bond motifs is 3. The molecule has 3 heterocycles. The topological polar surface area (TPSA) is 66.3 Å². The van der Waals surface area contributed by atoms with E-state index in [0.29, 0.717) is 13.1 Å². The van der Waals surface area contributed by atoms with Gasteiger partial charge in [-0.05, 0) is 55.8 Å². The summed E-state index contributed by atoms with van der Waals surface area (Å²) in [4.78, 5) is 17.4. The summed E-state index contributed by atoms with van der Waals surface area (Å²) in [6, 6.07) is 23.1. The van der Waals surface area contributed by atoms with Crippen LogP contribution in [0.5, 0.6) is 0 Å². The Bertz CT molecular complexity index is 1440. The molecule has 0 bridgehead atoms. The molecule has 1 aromatic heterocycles. The molecular weight excluding hydrogens is 479 g/mol. The SMILES string of the molecule is O=C(CN1CCCN(Cc2ccccc2F)CC1)Nc1ccc2c(c1)CCc1nnc(-c3ccccc3)n1-2. The molecule has 1 N–H and O–H groups in total. The third-order valence-electron chi connectivity index (χ3n) is 7.38. The number of carbonyl (C=O) groups is 1.